The Morgan fingerprint density at radius 1 is 0.633 bits per heavy atom. The maximum Gasteiger partial charge on any atom is 0.237 e. The van der Waals surface area contributed by atoms with Gasteiger partial charge in [0.05, 0.1) is 12.1 Å². The van der Waals surface area contributed by atoms with Crippen LogP contribution < -0.4 is 21.3 Å². The first-order valence-corrected chi connectivity index (χ1v) is 12.1. The van der Waals surface area contributed by atoms with E-state index < -0.39 is 6.04 Å². The molecule has 0 aromatic carbocycles. The van der Waals surface area contributed by atoms with Crippen LogP contribution in [0.4, 0.5) is 0 Å². The molecule has 0 bridgehead atoms. The Morgan fingerprint density at radius 3 is 1.50 bits per heavy atom. The molecule has 0 aliphatic heterocycles. The van der Waals surface area contributed by atoms with Crippen LogP contribution in [-0.2, 0) is 9.59 Å². The summed E-state index contributed by atoms with van der Waals surface area (Å²) in [6, 6.07) is 0.522. The topological polar surface area (TPSA) is 82.3 Å². The number of ketones is 1. The van der Waals surface area contributed by atoms with E-state index in [4.69, 9.17) is 0 Å². The molecule has 0 saturated carbocycles. The van der Waals surface area contributed by atoms with Crippen molar-refractivity contribution in [1.82, 2.24) is 21.3 Å². The van der Waals surface area contributed by atoms with E-state index in [9.17, 15) is 9.59 Å². The molecular weight excluding hydrogens is 376 g/mol. The summed E-state index contributed by atoms with van der Waals surface area (Å²) in [5.74, 6) is 0.00660. The smallest absolute Gasteiger partial charge is 0.237 e. The zero-order valence-corrected chi connectivity index (χ0v) is 20.9. The fourth-order valence-corrected chi connectivity index (χ4v) is 3.38. The first-order valence-electron chi connectivity index (χ1n) is 12.1. The minimum absolute atomic E-state index is 0.0418. The molecule has 0 aliphatic carbocycles. The Hall–Kier alpha value is -0.980. The van der Waals surface area contributed by atoms with E-state index in [0.29, 0.717) is 18.5 Å². The van der Waals surface area contributed by atoms with Gasteiger partial charge in [0.2, 0.25) is 5.91 Å². The molecule has 178 valence electrons. The van der Waals surface area contributed by atoms with E-state index in [-0.39, 0.29) is 29.7 Å². The van der Waals surface area contributed by atoms with Gasteiger partial charge in [-0.05, 0) is 45.2 Å². The zero-order chi connectivity index (χ0) is 23.1. The van der Waals surface area contributed by atoms with Crippen LogP contribution in [0.15, 0.2) is 0 Å². The summed E-state index contributed by atoms with van der Waals surface area (Å²) in [6.07, 6.45) is 5.43. The van der Waals surface area contributed by atoms with Crippen LogP contribution in [0.3, 0.4) is 0 Å². The Balaban J connectivity index is 4.76. The molecule has 2 atom stereocenters. The minimum Gasteiger partial charge on any atom is -0.345 e. The second-order valence-electron chi connectivity index (χ2n) is 9.70. The molecule has 0 heterocycles. The van der Waals surface area contributed by atoms with E-state index in [1.807, 2.05) is 13.8 Å². The lowest BCUT2D eigenvalue weighted by Crippen LogP contribution is -2.52. The van der Waals surface area contributed by atoms with Gasteiger partial charge in [-0.15, -0.1) is 0 Å². The van der Waals surface area contributed by atoms with E-state index in [0.717, 1.165) is 45.2 Å². The number of carbonyl (C=O) groups excluding carboxylic acids is 2. The summed E-state index contributed by atoms with van der Waals surface area (Å²) in [5, 5.41) is 13.3. The largest absolute Gasteiger partial charge is 0.345 e. The first kappa shape index (κ1) is 29.0. The second-order valence-corrected chi connectivity index (χ2v) is 9.70. The molecule has 6 nitrogen and oxygen atoms in total. The van der Waals surface area contributed by atoms with Crippen molar-refractivity contribution in [1.29, 1.82) is 0 Å². The highest BCUT2D eigenvalue weighted by molar-refractivity contribution is 5.91. The number of Topliss-reactive ketones (excluding diaryl/α,β-unsaturated/α-hetero) is 1. The molecule has 0 aliphatic rings. The molecule has 0 aromatic heterocycles. The predicted molar refractivity (Wildman–Crippen MR) is 128 cm³/mol. The molecule has 1 amide bonds. The monoisotopic (exact) mass is 426 g/mol. The fourth-order valence-electron chi connectivity index (χ4n) is 3.38. The van der Waals surface area contributed by atoms with Crippen LogP contribution in [-0.4, -0.2) is 55.0 Å². The minimum atomic E-state index is -0.393. The van der Waals surface area contributed by atoms with E-state index in [1.54, 1.807) is 0 Å². The Bertz CT molecular complexity index is 464. The van der Waals surface area contributed by atoms with Crippen LogP contribution in [0.2, 0.25) is 0 Å². The number of nitrogens with one attached hydrogen (secondary N) is 4. The van der Waals surface area contributed by atoms with E-state index in [2.05, 4.69) is 62.8 Å². The van der Waals surface area contributed by atoms with Crippen LogP contribution in [0.25, 0.3) is 0 Å². The lowest BCUT2D eigenvalue weighted by molar-refractivity contribution is -0.130. The molecule has 2 unspecified atom stereocenters. The van der Waals surface area contributed by atoms with Gasteiger partial charge in [0.1, 0.15) is 0 Å². The SMILES string of the molecule is CC(C)NCCCCC(NC(C)C)C(=O)NC(CCCCNC(C)C)C(=O)C(C)C. The van der Waals surface area contributed by atoms with Crippen molar-refractivity contribution in [3.8, 4) is 0 Å². The third kappa shape index (κ3) is 14.9. The van der Waals surface area contributed by atoms with Crippen LogP contribution in [0, 0.1) is 5.92 Å². The van der Waals surface area contributed by atoms with Crippen molar-refractivity contribution in [2.45, 2.75) is 124 Å². The number of hydrogen-bond acceptors (Lipinski definition) is 5. The molecule has 0 fully saturated rings. The Morgan fingerprint density at radius 2 is 1.10 bits per heavy atom. The summed E-state index contributed by atoms with van der Waals surface area (Å²) in [4.78, 5) is 25.7. The number of unbranched alkanes of at least 4 members (excludes halogenated alkanes) is 2. The number of rotatable bonds is 18. The van der Waals surface area contributed by atoms with E-state index >= 15 is 0 Å². The highest BCUT2D eigenvalue weighted by Crippen LogP contribution is 2.10. The summed E-state index contributed by atoms with van der Waals surface area (Å²) >= 11 is 0. The van der Waals surface area contributed by atoms with Crippen LogP contribution in [0.1, 0.15) is 93.9 Å². The molecule has 30 heavy (non-hydrogen) atoms. The van der Waals surface area contributed by atoms with Gasteiger partial charge in [-0.1, -0.05) is 61.8 Å². The van der Waals surface area contributed by atoms with Gasteiger partial charge >= 0.3 is 0 Å². The quantitative estimate of drug-likeness (QED) is 0.253. The van der Waals surface area contributed by atoms with Crippen LogP contribution >= 0.6 is 0 Å². The molecule has 4 N–H and O–H groups in total. The molecule has 0 aromatic rings. The standard InChI is InChI=1S/C24H50N4O2/c1-17(2)23(29)21(13-9-11-15-25-18(3)4)28-24(30)22(27-20(7)8)14-10-12-16-26-19(5)6/h17-22,25-27H,9-16H2,1-8H3,(H,28,30). The maximum atomic E-state index is 13.0. The lowest BCUT2D eigenvalue weighted by Gasteiger charge is -2.25. The van der Waals surface area contributed by atoms with Crippen molar-refractivity contribution in [3.05, 3.63) is 0 Å². The average molecular weight is 427 g/mol. The normalized spacial score (nSPS) is 14.0. The van der Waals surface area contributed by atoms with Crippen molar-refractivity contribution >= 4 is 11.7 Å². The lowest BCUT2D eigenvalue weighted by atomic mass is 9.96. The molecule has 0 radical (unpaired) electrons. The number of carbonyl (C=O) groups is 2. The van der Waals surface area contributed by atoms with Gasteiger partial charge in [0.15, 0.2) is 5.78 Å². The maximum absolute atomic E-state index is 13.0. The molecule has 0 spiro atoms. The summed E-state index contributed by atoms with van der Waals surface area (Å²) in [6.45, 7) is 18.4. The predicted octanol–water partition coefficient (Wildman–Crippen LogP) is 3.40. The third-order valence-corrected chi connectivity index (χ3v) is 5.02. The molecule has 0 saturated heterocycles. The second kappa shape index (κ2) is 16.7. The van der Waals surface area contributed by atoms with Gasteiger partial charge in [0, 0.05) is 24.0 Å². The molecular formula is C24H50N4O2. The Labute approximate surface area is 186 Å². The van der Waals surface area contributed by atoms with Crippen LogP contribution in [0.5, 0.6) is 0 Å². The van der Waals surface area contributed by atoms with Gasteiger partial charge in [-0.25, -0.2) is 0 Å². The fraction of sp³-hybridized carbons (Fsp3) is 0.917. The number of hydrogen-bond donors (Lipinski definition) is 4. The first-order chi connectivity index (χ1) is 14.0. The summed E-state index contributed by atoms with van der Waals surface area (Å²) in [7, 11) is 0. The zero-order valence-electron chi connectivity index (χ0n) is 20.9. The third-order valence-electron chi connectivity index (χ3n) is 5.02. The van der Waals surface area contributed by atoms with Gasteiger partial charge in [-0.3, -0.25) is 9.59 Å². The summed E-state index contributed by atoms with van der Waals surface area (Å²) < 4.78 is 0. The van der Waals surface area contributed by atoms with Gasteiger partial charge in [-0.2, -0.15) is 0 Å². The van der Waals surface area contributed by atoms with Gasteiger partial charge < -0.3 is 21.3 Å². The number of amides is 1. The van der Waals surface area contributed by atoms with Crippen molar-refractivity contribution in [3.63, 3.8) is 0 Å². The van der Waals surface area contributed by atoms with Crippen molar-refractivity contribution in [2.75, 3.05) is 13.1 Å². The molecule has 0 rings (SSSR count). The Kier molecular flexibility index (Phi) is 16.1. The summed E-state index contributed by atoms with van der Waals surface area (Å²) in [5.41, 5.74) is 0. The van der Waals surface area contributed by atoms with Gasteiger partial charge in [0.25, 0.3) is 0 Å². The highest BCUT2D eigenvalue weighted by Gasteiger charge is 2.26. The average Bonchev–Trinajstić information content (AvgIpc) is 2.63. The van der Waals surface area contributed by atoms with Crippen molar-refractivity contribution in [2.24, 2.45) is 5.92 Å². The molecule has 6 heteroatoms. The highest BCUT2D eigenvalue weighted by atomic mass is 16.2. The van der Waals surface area contributed by atoms with E-state index in [1.165, 1.54) is 0 Å². The van der Waals surface area contributed by atoms with Crippen molar-refractivity contribution < 1.29 is 9.59 Å².